The molecule has 1 saturated heterocycles. The number of likely N-dealkylation sites (tertiary alicyclic amines) is 1. The number of piperidine rings is 1. The van der Waals surface area contributed by atoms with Crippen LogP contribution in [-0.2, 0) is 0 Å². The predicted octanol–water partition coefficient (Wildman–Crippen LogP) is 2.06. The van der Waals surface area contributed by atoms with Crippen molar-refractivity contribution in [2.45, 2.75) is 19.3 Å². The maximum Gasteiger partial charge on any atom is 0.0335 e. The molecule has 1 aliphatic heterocycles. The lowest BCUT2D eigenvalue weighted by Crippen LogP contribution is -2.35. The van der Waals surface area contributed by atoms with Crippen molar-refractivity contribution in [2.24, 2.45) is 5.92 Å². The van der Waals surface area contributed by atoms with Crippen LogP contribution in [0.25, 0.3) is 0 Å². The maximum absolute atomic E-state index is 5.78. The lowest BCUT2D eigenvalue weighted by molar-refractivity contribution is 0.193. The van der Waals surface area contributed by atoms with Crippen molar-refractivity contribution in [2.75, 3.05) is 33.2 Å². The van der Waals surface area contributed by atoms with Gasteiger partial charge in [-0.05, 0) is 51.9 Å². The summed E-state index contributed by atoms with van der Waals surface area (Å²) in [5, 5.41) is 3.97. The van der Waals surface area contributed by atoms with Crippen LogP contribution in [0.4, 0.5) is 0 Å². The van der Waals surface area contributed by atoms with Gasteiger partial charge in [0.05, 0.1) is 0 Å². The zero-order valence-corrected chi connectivity index (χ0v) is 9.82. The van der Waals surface area contributed by atoms with Crippen LogP contribution >= 0.6 is 11.6 Å². The fourth-order valence-electron chi connectivity index (χ4n) is 2.02. The molecule has 0 aromatic carbocycles. The number of halogens is 1. The first-order chi connectivity index (χ1) is 6.72. The second-order valence-corrected chi connectivity index (χ2v) is 4.66. The van der Waals surface area contributed by atoms with Gasteiger partial charge in [0.1, 0.15) is 0 Å². The third kappa shape index (κ3) is 4.45. The van der Waals surface area contributed by atoms with E-state index >= 15 is 0 Å². The largest absolute Gasteiger partial charge is 0.320 e. The zero-order chi connectivity index (χ0) is 10.4. The highest BCUT2D eigenvalue weighted by Crippen LogP contribution is 2.20. The van der Waals surface area contributed by atoms with E-state index < -0.39 is 0 Å². The van der Waals surface area contributed by atoms with Crippen LogP contribution in [-0.4, -0.2) is 38.1 Å². The van der Waals surface area contributed by atoms with Gasteiger partial charge in [-0.3, -0.25) is 4.90 Å². The molecule has 0 spiro atoms. The van der Waals surface area contributed by atoms with E-state index in [-0.39, 0.29) is 0 Å². The smallest absolute Gasteiger partial charge is 0.0335 e. The van der Waals surface area contributed by atoms with Crippen molar-refractivity contribution in [3.8, 4) is 0 Å². The number of nitrogens with zero attached hydrogens (tertiary/aromatic N) is 1. The Hall–Kier alpha value is -0.0500. The normalized spacial score (nSPS) is 19.9. The standard InChI is InChI=1S/C11H21ClN2/c1-10(12)9-14-7-4-11(5-8-14)3-6-13-2/h11,13H,1,3-9H2,2H3. The fraction of sp³-hybridized carbons (Fsp3) is 0.818. The first-order valence-corrected chi connectivity index (χ1v) is 5.80. The summed E-state index contributed by atoms with van der Waals surface area (Å²) < 4.78 is 0. The molecule has 0 aromatic rings. The lowest BCUT2D eigenvalue weighted by Gasteiger charge is -2.31. The minimum atomic E-state index is 0.763. The van der Waals surface area contributed by atoms with E-state index in [4.69, 9.17) is 11.6 Å². The van der Waals surface area contributed by atoms with Crippen LogP contribution in [0, 0.1) is 5.92 Å². The molecule has 3 heteroatoms. The van der Waals surface area contributed by atoms with Gasteiger partial charge in [0.15, 0.2) is 0 Å². The van der Waals surface area contributed by atoms with Crippen molar-refractivity contribution in [1.82, 2.24) is 10.2 Å². The monoisotopic (exact) mass is 216 g/mol. The highest BCUT2D eigenvalue weighted by atomic mass is 35.5. The van der Waals surface area contributed by atoms with Gasteiger partial charge in [-0.25, -0.2) is 0 Å². The lowest BCUT2D eigenvalue weighted by atomic mass is 9.93. The summed E-state index contributed by atoms with van der Waals surface area (Å²) in [5.74, 6) is 0.905. The average molecular weight is 217 g/mol. The molecule has 0 amide bonds. The highest BCUT2D eigenvalue weighted by Gasteiger charge is 2.18. The zero-order valence-electron chi connectivity index (χ0n) is 9.06. The third-order valence-corrected chi connectivity index (χ3v) is 3.02. The molecule has 1 aliphatic rings. The van der Waals surface area contributed by atoms with E-state index in [1.807, 2.05) is 7.05 Å². The minimum absolute atomic E-state index is 0.763. The maximum atomic E-state index is 5.78. The van der Waals surface area contributed by atoms with Crippen molar-refractivity contribution in [3.05, 3.63) is 11.6 Å². The molecular formula is C11H21ClN2. The summed E-state index contributed by atoms with van der Waals surface area (Å²) in [7, 11) is 2.02. The van der Waals surface area contributed by atoms with E-state index in [1.54, 1.807) is 0 Å². The predicted molar refractivity (Wildman–Crippen MR) is 62.7 cm³/mol. The van der Waals surface area contributed by atoms with E-state index in [0.717, 1.165) is 24.0 Å². The summed E-state index contributed by atoms with van der Waals surface area (Å²) >= 11 is 5.78. The summed E-state index contributed by atoms with van der Waals surface area (Å²) in [6.45, 7) is 8.10. The van der Waals surface area contributed by atoms with Crippen LogP contribution in [0.1, 0.15) is 19.3 Å². The summed E-state index contributed by atoms with van der Waals surface area (Å²) in [4.78, 5) is 2.39. The van der Waals surface area contributed by atoms with Gasteiger partial charge in [0.2, 0.25) is 0 Å². The van der Waals surface area contributed by atoms with Crippen LogP contribution in [0.2, 0.25) is 0 Å². The number of nitrogens with one attached hydrogen (secondary N) is 1. The van der Waals surface area contributed by atoms with E-state index in [0.29, 0.717) is 0 Å². The molecule has 1 rings (SSSR count). The molecule has 0 radical (unpaired) electrons. The molecule has 0 saturated carbocycles. The van der Waals surface area contributed by atoms with Crippen molar-refractivity contribution in [1.29, 1.82) is 0 Å². The molecule has 2 nitrogen and oxygen atoms in total. The molecule has 0 bridgehead atoms. The van der Waals surface area contributed by atoms with Gasteiger partial charge < -0.3 is 5.32 Å². The SMILES string of the molecule is C=C(Cl)CN1CCC(CCNC)CC1. The Labute approximate surface area is 92.3 Å². The van der Waals surface area contributed by atoms with Crippen molar-refractivity contribution < 1.29 is 0 Å². The molecule has 1 N–H and O–H groups in total. The molecule has 0 aliphatic carbocycles. The first kappa shape index (κ1) is 12.0. The van der Waals surface area contributed by atoms with Gasteiger partial charge in [-0.15, -0.1) is 0 Å². The second kappa shape index (κ2) is 6.44. The number of hydrogen-bond acceptors (Lipinski definition) is 2. The van der Waals surface area contributed by atoms with E-state index in [1.165, 1.54) is 32.4 Å². The quantitative estimate of drug-likeness (QED) is 0.757. The van der Waals surface area contributed by atoms with Gasteiger partial charge in [0, 0.05) is 11.6 Å². The fourth-order valence-corrected chi connectivity index (χ4v) is 2.19. The molecule has 0 unspecified atom stereocenters. The Morgan fingerprint density at radius 3 is 2.64 bits per heavy atom. The summed E-state index contributed by atoms with van der Waals surface area (Å²) in [6.07, 6.45) is 3.93. The van der Waals surface area contributed by atoms with E-state index in [2.05, 4.69) is 16.8 Å². The Morgan fingerprint density at radius 1 is 1.50 bits per heavy atom. The first-order valence-electron chi connectivity index (χ1n) is 5.42. The van der Waals surface area contributed by atoms with Gasteiger partial charge in [-0.2, -0.15) is 0 Å². The third-order valence-electron chi connectivity index (χ3n) is 2.90. The average Bonchev–Trinajstić information content (AvgIpc) is 2.16. The Bertz CT molecular complexity index is 174. The number of rotatable bonds is 5. The Kier molecular flexibility index (Phi) is 5.53. The molecule has 14 heavy (non-hydrogen) atoms. The van der Waals surface area contributed by atoms with Crippen LogP contribution in [0.15, 0.2) is 11.6 Å². The molecule has 0 atom stereocenters. The van der Waals surface area contributed by atoms with E-state index in [9.17, 15) is 0 Å². The molecule has 1 heterocycles. The Morgan fingerprint density at radius 2 is 2.14 bits per heavy atom. The minimum Gasteiger partial charge on any atom is -0.320 e. The Balaban J connectivity index is 2.14. The van der Waals surface area contributed by atoms with Crippen LogP contribution in [0.5, 0.6) is 0 Å². The highest BCUT2D eigenvalue weighted by molar-refractivity contribution is 6.29. The topological polar surface area (TPSA) is 15.3 Å². The summed E-state index contributed by atoms with van der Waals surface area (Å²) in [6, 6.07) is 0. The second-order valence-electron chi connectivity index (χ2n) is 4.13. The molecular weight excluding hydrogens is 196 g/mol. The number of hydrogen-bond donors (Lipinski definition) is 1. The molecule has 0 aromatic heterocycles. The van der Waals surface area contributed by atoms with Gasteiger partial charge in [0.25, 0.3) is 0 Å². The van der Waals surface area contributed by atoms with Gasteiger partial charge in [-0.1, -0.05) is 18.2 Å². The van der Waals surface area contributed by atoms with Crippen molar-refractivity contribution in [3.63, 3.8) is 0 Å². The molecule has 1 fully saturated rings. The summed E-state index contributed by atoms with van der Waals surface area (Å²) in [5.41, 5.74) is 0. The van der Waals surface area contributed by atoms with Crippen LogP contribution in [0.3, 0.4) is 0 Å². The van der Waals surface area contributed by atoms with Crippen molar-refractivity contribution >= 4 is 11.6 Å². The van der Waals surface area contributed by atoms with Crippen LogP contribution < -0.4 is 5.32 Å². The molecule has 82 valence electrons. The van der Waals surface area contributed by atoms with Gasteiger partial charge >= 0.3 is 0 Å².